The number of rotatable bonds is 2. The number of hydrogen-bond donors (Lipinski definition) is 1. The van der Waals surface area contributed by atoms with Crippen LogP contribution in [0.15, 0.2) is 23.0 Å². The lowest BCUT2D eigenvalue weighted by Crippen LogP contribution is -2.11. The van der Waals surface area contributed by atoms with Gasteiger partial charge in [0.15, 0.2) is 5.82 Å². The Balaban J connectivity index is 2.12. The van der Waals surface area contributed by atoms with Crippen molar-refractivity contribution < 1.29 is 4.42 Å². The van der Waals surface area contributed by atoms with Crippen molar-refractivity contribution in [2.24, 2.45) is 0 Å². The quantitative estimate of drug-likeness (QED) is 0.860. The van der Waals surface area contributed by atoms with Gasteiger partial charge >= 0.3 is 0 Å². The van der Waals surface area contributed by atoms with E-state index in [9.17, 15) is 0 Å². The standard InChI is InChI=1S/C13H15N3O/c1-14-13-10-4-2-3-5-11(10)15-12(16-13)9-6-7-17-8-9/h6-8H,2-5H2,1H3,(H,14,15,16). The molecule has 1 N–H and O–H groups in total. The molecule has 0 aliphatic heterocycles. The molecule has 1 aliphatic carbocycles. The van der Waals surface area contributed by atoms with Crippen molar-refractivity contribution in [3.63, 3.8) is 0 Å². The second kappa shape index (κ2) is 4.20. The van der Waals surface area contributed by atoms with Crippen LogP contribution in [0.1, 0.15) is 24.1 Å². The Kier molecular flexibility index (Phi) is 2.55. The number of nitrogens with one attached hydrogen (secondary N) is 1. The predicted octanol–water partition coefficient (Wildman–Crippen LogP) is 2.66. The van der Waals surface area contributed by atoms with Crippen LogP contribution in [0, 0.1) is 0 Å². The molecule has 0 saturated heterocycles. The van der Waals surface area contributed by atoms with E-state index in [0.29, 0.717) is 0 Å². The lowest BCUT2D eigenvalue weighted by molar-refractivity contribution is 0.568. The van der Waals surface area contributed by atoms with E-state index in [2.05, 4.69) is 15.3 Å². The molecule has 2 aromatic rings. The summed E-state index contributed by atoms with van der Waals surface area (Å²) >= 11 is 0. The second-order valence-electron chi connectivity index (χ2n) is 4.29. The van der Waals surface area contributed by atoms with Gasteiger partial charge in [-0.15, -0.1) is 0 Å². The molecule has 0 fully saturated rings. The molecule has 0 amide bonds. The van der Waals surface area contributed by atoms with Gasteiger partial charge in [0.1, 0.15) is 12.1 Å². The molecule has 1 aliphatic rings. The van der Waals surface area contributed by atoms with Crippen molar-refractivity contribution in [2.45, 2.75) is 25.7 Å². The van der Waals surface area contributed by atoms with Gasteiger partial charge in [0, 0.05) is 18.3 Å². The molecule has 0 unspecified atom stereocenters. The molecule has 4 nitrogen and oxygen atoms in total. The van der Waals surface area contributed by atoms with Crippen LogP contribution in [0.3, 0.4) is 0 Å². The van der Waals surface area contributed by atoms with E-state index in [1.807, 2.05) is 13.1 Å². The fraction of sp³-hybridized carbons (Fsp3) is 0.385. The number of aromatic nitrogens is 2. The molecule has 2 heterocycles. The van der Waals surface area contributed by atoms with Gasteiger partial charge in [-0.25, -0.2) is 9.97 Å². The number of nitrogens with zero attached hydrogens (tertiary/aromatic N) is 2. The summed E-state index contributed by atoms with van der Waals surface area (Å²) in [5, 5.41) is 3.18. The maximum absolute atomic E-state index is 5.09. The summed E-state index contributed by atoms with van der Waals surface area (Å²) in [5.74, 6) is 1.72. The minimum absolute atomic E-state index is 0.753. The lowest BCUT2D eigenvalue weighted by atomic mass is 9.96. The van der Waals surface area contributed by atoms with Gasteiger partial charge in [0.25, 0.3) is 0 Å². The molecular formula is C13H15N3O. The van der Waals surface area contributed by atoms with E-state index in [0.717, 1.165) is 30.0 Å². The van der Waals surface area contributed by atoms with Crippen LogP contribution in [0.5, 0.6) is 0 Å². The second-order valence-corrected chi connectivity index (χ2v) is 4.29. The molecule has 0 spiro atoms. The summed E-state index contributed by atoms with van der Waals surface area (Å²) in [6, 6.07) is 1.89. The monoisotopic (exact) mass is 229 g/mol. The minimum Gasteiger partial charge on any atom is -0.472 e. The first kappa shape index (κ1) is 10.3. The number of furan rings is 1. The molecular weight excluding hydrogens is 214 g/mol. The lowest BCUT2D eigenvalue weighted by Gasteiger charge is -2.18. The molecule has 0 saturated carbocycles. The molecule has 88 valence electrons. The average Bonchev–Trinajstić information content (AvgIpc) is 2.91. The molecule has 3 rings (SSSR count). The van der Waals surface area contributed by atoms with Crippen LogP contribution in [0.4, 0.5) is 5.82 Å². The Morgan fingerprint density at radius 1 is 1.24 bits per heavy atom. The third kappa shape index (κ3) is 1.79. The van der Waals surface area contributed by atoms with Crippen LogP contribution < -0.4 is 5.32 Å². The molecule has 17 heavy (non-hydrogen) atoms. The Bertz CT molecular complexity index is 502. The van der Waals surface area contributed by atoms with Crippen LogP contribution in [-0.4, -0.2) is 17.0 Å². The van der Waals surface area contributed by atoms with Gasteiger partial charge in [0.05, 0.1) is 11.8 Å². The van der Waals surface area contributed by atoms with E-state index in [1.54, 1.807) is 12.5 Å². The van der Waals surface area contributed by atoms with Crippen LogP contribution >= 0.6 is 0 Å². The number of aryl methyl sites for hydroxylation is 1. The molecule has 0 bridgehead atoms. The van der Waals surface area contributed by atoms with E-state index < -0.39 is 0 Å². The number of hydrogen-bond acceptors (Lipinski definition) is 4. The zero-order valence-corrected chi connectivity index (χ0v) is 9.86. The van der Waals surface area contributed by atoms with Gasteiger partial charge in [-0.2, -0.15) is 0 Å². The van der Waals surface area contributed by atoms with E-state index in [4.69, 9.17) is 4.42 Å². The van der Waals surface area contributed by atoms with Gasteiger partial charge in [-0.3, -0.25) is 0 Å². The Hall–Kier alpha value is -1.84. The summed E-state index contributed by atoms with van der Waals surface area (Å²) in [5.41, 5.74) is 3.41. The fourth-order valence-corrected chi connectivity index (χ4v) is 2.32. The topological polar surface area (TPSA) is 51.0 Å². The third-order valence-corrected chi connectivity index (χ3v) is 3.20. The Morgan fingerprint density at radius 2 is 2.12 bits per heavy atom. The van der Waals surface area contributed by atoms with E-state index in [1.165, 1.54) is 24.1 Å². The third-order valence-electron chi connectivity index (χ3n) is 3.20. The highest BCUT2D eigenvalue weighted by molar-refractivity contribution is 5.59. The molecule has 0 atom stereocenters. The minimum atomic E-state index is 0.753. The van der Waals surface area contributed by atoms with Gasteiger partial charge in [-0.1, -0.05) is 0 Å². The molecule has 2 aromatic heterocycles. The van der Waals surface area contributed by atoms with Crippen molar-refractivity contribution in [1.29, 1.82) is 0 Å². The first-order valence-corrected chi connectivity index (χ1v) is 5.98. The SMILES string of the molecule is CNc1nc(-c2ccoc2)nc2c1CCCC2. The first-order chi connectivity index (χ1) is 8.38. The van der Waals surface area contributed by atoms with Crippen LogP contribution in [0.2, 0.25) is 0 Å². The molecule has 0 radical (unpaired) electrons. The van der Waals surface area contributed by atoms with Crippen molar-refractivity contribution in [3.05, 3.63) is 29.9 Å². The largest absolute Gasteiger partial charge is 0.472 e. The summed E-state index contributed by atoms with van der Waals surface area (Å²) in [6.45, 7) is 0. The van der Waals surface area contributed by atoms with E-state index >= 15 is 0 Å². The maximum atomic E-state index is 5.09. The highest BCUT2D eigenvalue weighted by Gasteiger charge is 2.17. The first-order valence-electron chi connectivity index (χ1n) is 5.98. The predicted molar refractivity (Wildman–Crippen MR) is 65.9 cm³/mol. The normalized spacial score (nSPS) is 14.4. The van der Waals surface area contributed by atoms with Crippen molar-refractivity contribution in [2.75, 3.05) is 12.4 Å². The van der Waals surface area contributed by atoms with Gasteiger partial charge in [-0.05, 0) is 31.7 Å². The molecule has 0 aromatic carbocycles. The van der Waals surface area contributed by atoms with Crippen molar-refractivity contribution in [1.82, 2.24) is 9.97 Å². The smallest absolute Gasteiger partial charge is 0.165 e. The summed E-state index contributed by atoms with van der Waals surface area (Å²) < 4.78 is 5.09. The average molecular weight is 229 g/mol. The van der Waals surface area contributed by atoms with Crippen molar-refractivity contribution >= 4 is 5.82 Å². The Morgan fingerprint density at radius 3 is 2.88 bits per heavy atom. The highest BCUT2D eigenvalue weighted by atomic mass is 16.3. The zero-order chi connectivity index (χ0) is 11.7. The van der Waals surface area contributed by atoms with Crippen LogP contribution in [0.25, 0.3) is 11.4 Å². The fourth-order valence-electron chi connectivity index (χ4n) is 2.32. The van der Waals surface area contributed by atoms with Gasteiger partial charge in [0.2, 0.25) is 0 Å². The summed E-state index contributed by atoms with van der Waals surface area (Å²) in [4.78, 5) is 9.22. The maximum Gasteiger partial charge on any atom is 0.165 e. The number of anilines is 1. The van der Waals surface area contributed by atoms with Gasteiger partial charge < -0.3 is 9.73 Å². The summed E-state index contributed by atoms with van der Waals surface area (Å²) in [6.07, 6.45) is 7.92. The van der Waals surface area contributed by atoms with Crippen molar-refractivity contribution in [3.8, 4) is 11.4 Å². The highest BCUT2D eigenvalue weighted by Crippen LogP contribution is 2.28. The zero-order valence-electron chi connectivity index (χ0n) is 9.86. The van der Waals surface area contributed by atoms with Crippen LogP contribution in [-0.2, 0) is 12.8 Å². The molecule has 4 heteroatoms. The summed E-state index contributed by atoms with van der Waals surface area (Å²) in [7, 11) is 1.91. The Labute approximate surface area is 100 Å². The number of fused-ring (bicyclic) bond motifs is 1. The van der Waals surface area contributed by atoms with E-state index in [-0.39, 0.29) is 0 Å².